The third-order valence-electron chi connectivity index (χ3n) is 3.42. The zero-order chi connectivity index (χ0) is 15.3. The summed E-state index contributed by atoms with van der Waals surface area (Å²) in [5.74, 6) is -0.120. The van der Waals surface area contributed by atoms with Crippen LogP contribution < -0.4 is 0 Å². The highest BCUT2D eigenvalue weighted by molar-refractivity contribution is 7.91. The van der Waals surface area contributed by atoms with E-state index >= 15 is 0 Å². The highest BCUT2D eigenvalue weighted by Gasteiger charge is 2.19. The third kappa shape index (κ3) is 4.14. The summed E-state index contributed by atoms with van der Waals surface area (Å²) in [7, 11) is -3.37. The van der Waals surface area contributed by atoms with Crippen LogP contribution >= 0.6 is 0 Å². The predicted octanol–water partition coefficient (Wildman–Crippen LogP) is 2.91. The van der Waals surface area contributed by atoms with Gasteiger partial charge in [0.25, 0.3) is 0 Å². The van der Waals surface area contributed by atoms with Crippen molar-refractivity contribution in [1.29, 1.82) is 0 Å². The Balaban J connectivity index is 2.00. The number of nitrogens with zero attached hydrogens (tertiary/aromatic N) is 1. The topological polar surface area (TPSA) is 57.6 Å². The first kappa shape index (κ1) is 15.7. The van der Waals surface area contributed by atoms with Gasteiger partial charge < -0.3 is 5.21 Å². The standard InChI is InChI=1S/C16H19NO3S/c1-14(15-8-4-2-5-9-15)17(18)12-13-21(19,20)16-10-6-3-7-11-16/h2-11,14,18H,12-13H2,1H3/t14-/m0/s1. The maximum absolute atomic E-state index is 12.2. The van der Waals surface area contributed by atoms with E-state index in [2.05, 4.69) is 0 Å². The molecule has 0 bridgehead atoms. The Labute approximate surface area is 125 Å². The van der Waals surface area contributed by atoms with Crippen LogP contribution in [0.3, 0.4) is 0 Å². The van der Waals surface area contributed by atoms with Gasteiger partial charge in [0.1, 0.15) is 0 Å². The molecule has 0 aliphatic rings. The van der Waals surface area contributed by atoms with Gasteiger partial charge >= 0.3 is 0 Å². The molecule has 0 aromatic heterocycles. The number of hydrogen-bond acceptors (Lipinski definition) is 4. The molecule has 0 amide bonds. The van der Waals surface area contributed by atoms with Gasteiger partial charge in [0.05, 0.1) is 16.7 Å². The van der Waals surface area contributed by atoms with Crippen molar-refractivity contribution in [2.45, 2.75) is 17.9 Å². The number of benzene rings is 2. The second-order valence-electron chi connectivity index (χ2n) is 4.88. The molecule has 2 aromatic carbocycles. The van der Waals surface area contributed by atoms with Gasteiger partial charge in [-0.1, -0.05) is 48.5 Å². The Morgan fingerprint density at radius 1 is 1.00 bits per heavy atom. The molecule has 0 heterocycles. The summed E-state index contributed by atoms with van der Waals surface area (Å²) < 4.78 is 24.3. The van der Waals surface area contributed by atoms with Crippen molar-refractivity contribution in [1.82, 2.24) is 5.06 Å². The lowest BCUT2D eigenvalue weighted by Gasteiger charge is -2.22. The van der Waals surface area contributed by atoms with Gasteiger partial charge in [-0.2, -0.15) is 5.06 Å². The Morgan fingerprint density at radius 2 is 1.52 bits per heavy atom. The monoisotopic (exact) mass is 305 g/mol. The lowest BCUT2D eigenvalue weighted by Crippen LogP contribution is -2.29. The summed E-state index contributed by atoms with van der Waals surface area (Å²) in [6.07, 6.45) is 0. The maximum Gasteiger partial charge on any atom is 0.179 e. The van der Waals surface area contributed by atoms with Crippen LogP contribution in [-0.4, -0.2) is 31.0 Å². The smallest absolute Gasteiger partial charge is 0.179 e. The molecule has 0 saturated carbocycles. The van der Waals surface area contributed by atoms with Crippen molar-refractivity contribution < 1.29 is 13.6 Å². The molecule has 4 nitrogen and oxygen atoms in total. The lowest BCUT2D eigenvalue weighted by molar-refractivity contribution is -0.118. The molecular weight excluding hydrogens is 286 g/mol. The van der Waals surface area contributed by atoms with E-state index in [-0.39, 0.29) is 23.2 Å². The first-order chi connectivity index (χ1) is 10.0. The Morgan fingerprint density at radius 3 is 2.10 bits per heavy atom. The molecule has 2 rings (SSSR count). The van der Waals surface area contributed by atoms with E-state index in [0.717, 1.165) is 10.6 Å². The molecule has 0 fully saturated rings. The molecule has 21 heavy (non-hydrogen) atoms. The second-order valence-corrected chi connectivity index (χ2v) is 6.99. The molecule has 0 aliphatic carbocycles. The Hall–Kier alpha value is -1.69. The molecule has 5 heteroatoms. The van der Waals surface area contributed by atoms with E-state index < -0.39 is 9.84 Å². The summed E-state index contributed by atoms with van der Waals surface area (Å²) in [6.45, 7) is 1.90. The number of sulfone groups is 1. The fourth-order valence-corrected chi connectivity index (χ4v) is 3.29. The van der Waals surface area contributed by atoms with E-state index in [1.165, 1.54) is 0 Å². The van der Waals surface area contributed by atoms with Gasteiger partial charge in [0.15, 0.2) is 9.84 Å². The highest BCUT2D eigenvalue weighted by atomic mass is 32.2. The predicted molar refractivity (Wildman–Crippen MR) is 81.8 cm³/mol. The molecule has 0 radical (unpaired) electrons. The fraction of sp³-hybridized carbons (Fsp3) is 0.250. The van der Waals surface area contributed by atoms with Gasteiger partial charge in [-0.05, 0) is 24.6 Å². The molecule has 0 saturated heterocycles. The minimum Gasteiger partial charge on any atom is -0.313 e. The molecule has 112 valence electrons. The van der Waals surface area contributed by atoms with Crippen LogP contribution in [0.15, 0.2) is 65.6 Å². The van der Waals surface area contributed by atoms with Crippen LogP contribution in [0.4, 0.5) is 0 Å². The van der Waals surface area contributed by atoms with Crippen molar-refractivity contribution in [3.05, 3.63) is 66.2 Å². The highest BCUT2D eigenvalue weighted by Crippen LogP contribution is 2.18. The summed E-state index contributed by atoms with van der Waals surface area (Å²) in [5, 5.41) is 11.1. The first-order valence-corrected chi connectivity index (χ1v) is 8.44. The van der Waals surface area contributed by atoms with Crippen molar-refractivity contribution in [2.75, 3.05) is 12.3 Å². The van der Waals surface area contributed by atoms with E-state index in [1.54, 1.807) is 30.3 Å². The van der Waals surface area contributed by atoms with E-state index in [1.807, 2.05) is 37.3 Å². The van der Waals surface area contributed by atoms with E-state index in [4.69, 9.17) is 0 Å². The normalized spacial score (nSPS) is 13.3. The molecule has 0 spiro atoms. The van der Waals surface area contributed by atoms with Crippen LogP contribution in [-0.2, 0) is 9.84 Å². The SMILES string of the molecule is C[C@@H](c1ccccc1)N(O)CCS(=O)(=O)c1ccccc1. The molecule has 0 aliphatic heterocycles. The van der Waals surface area contributed by atoms with Crippen LogP contribution in [0.2, 0.25) is 0 Å². The summed E-state index contributed by atoms with van der Waals surface area (Å²) in [6, 6.07) is 17.5. The van der Waals surface area contributed by atoms with Crippen LogP contribution in [0, 0.1) is 0 Å². The van der Waals surface area contributed by atoms with Crippen molar-refractivity contribution in [2.24, 2.45) is 0 Å². The zero-order valence-electron chi connectivity index (χ0n) is 11.9. The van der Waals surface area contributed by atoms with Gasteiger partial charge in [-0.15, -0.1) is 0 Å². The molecular formula is C16H19NO3S. The van der Waals surface area contributed by atoms with Crippen molar-refractivity contribution in [3.8, 4) is 0 Å². The molecule has 1 N–H and O–H groups in total. The Kier molecular flexibility index (Phi) is 5.12. The Bertz CT molecular complexity index is 656. The summed E-state index contributed by atoms with van der Waals surface area (Å²) in [5.41, 5.74) is 0.942. The number of hydrogen-bond donors (Lipinski definition) is 1. The van der Waals surface area contributed by atoms with Crippen LogP contribution in [0.25, 0.3) is 0 Å². The minimum absolute atomic E-state index is 0.0628. The number of hydroxylamine groups is 2. The zero-order valence-corrected chi connectivity index (χ0v) is 12.7. The summed E-state index contributed by atoms with van der Waals surface area (Å²) >= 11 is 0. The van der Waals surface area contributed by atoms with Gasteiger partial charge in [0, 0.05) is 6.54 Å². The maximum atomic E-state index is 12.2. The van der Waals surface area contributed by atoms with E-state index in [0.29, 0.717) is 0 Å². The van der Waals surface area contributed by atoms with Crippen LogP contribution in [0.1, 0.15) is 18.5 Å². The summed E-state index contributed by atoms with van der Waals surface area (Å²) in [4.78, 5) is 0.283. The second kappa shape index (κ2) is 6.85. The minimum atomic E-state index is -3.37. The molecule has 0 unspecified atom stereocenters. The van der Waals surface area contributed by atoms with Crippen LogP contribution in [0.5, 0.6) is 0 Å². The fourth-order valence-electron chi connectivity index (χ4n) is 2.06. The average molecular weight is 305 g/mol. The molecule has 2 aromatic rings. The van der Waals surface area contributed by atoms with Gasteiger partial charge in [0.2, 0.25) is 0 Å². The van der Waals surface area contributed by atoms with Crippen molar-refractivity contribution >= 4 is 9.84 Å². The van der Waals surface area contributed by atoms with Gasteiger partial charge in [-0.3, -0.25) is 0 Å². The largest absolute Gasteiger partial charge is 0.313 e. The van der Waals surface area contributed by atoms with Gasteiger partial charge in [-0.25, -0.2) is 8.42 Å². The number of rotatable bonds is 6. The quantitative estimate of drug-likeness (QED) is 0.834. The van der Waals surface area contributed by atoms with E-state index in [9.17, 15) is 13.6 Å². The lowest BCUT2D eigenvalue weighted by atomic mass is 10.1. The third-order valence-corrected chi connectivity index (χ3v) is 5.13. The van der Waals surface area contributed by atoms with Crippen molar-refractivity contribution in [3.63, 3.8) is 0 Å². The first-order valence-electron chi connectivity index (χ1n) is 6.79. The molecule has 1 atom stereocenters. The average Bonchev–Trinajstić information content (AvgIpc) is 2.53.